The van der Waals surface area contributed by atoms with Gasteiger partial charge in [0.25, 0.3) is 0 Å². The second-order valence-corrected chi connectivity index (χ2v) is 17.7. The van der Waals surface area contributed by atoms with Gasteiger partial charge in [-0.25, -0.2) is 9.10 Å². The van der Waals surface area contributed by atoms with E-state index >= 15 is 0 Å². The minimum absolute atomic E-state index is 1.02. The molecule has 33 nitrogen and oxygen atoms in total. The second-order valence-electron chi connectivity index (χ2n) is 17.2. The molecule has 31 atom stereocenters. The Hall–Kier alpha value is -1.13. The van der Waals surface area contributed by atoms with Crippen LogP contribution in [0.2, 0.25) is 0 Å². The normalized spacial score (nSPS) is 53.3. The average Bonchev–Trinajstić information content (AvgIpc) is 3.34. The van der Waals surface area contributed by atoms with Crippen LogP contribution in [0.25, 0.3) is 0 Å². The van der Waals surface area contributed by atoms with Crippen molar-refractivity contribution in [2.24, 2.45) is 0 Å². The fourth-order valence-corrected chi connectivity index (χ4v) is 9.25. The molecule has 1 unspecified atom stereocenters. The van der Waals surface area contributed by atoms with Crippen LogP contribution in [0.3, 0.4) is 0 Å². The van der Waals surface area contributed by atoms with Crippen molar-refractivity contribution in [3.05, 3.63) is 0 Å². The third-order valence-corrected chi connectivity index (χ3v) is 13.0. The van der Waals surface area contributed by atoms with E-state index in [0.717, 1.165) is 0 Å². The van der Waals surface area contributed by atoms with Gasteiger partial charge < -0.3 is 148 Å². The lowest BCUT2D eigenvalue weighted by Gasteiger charge is -2.50. The summed E-state index contributed by atoms with van der Waals surface area (Å²) in [6.45, 7) is -6.36. The first-order valence-electron chi connectivity index (χ1n) is 21.7. The summed E-state index contributed by atoms with van der Waals surface area (Å²) in [7, 11) is 0. The second kappa shape index (κ2) is 24.3. The Bertz CT molecular complexity index is 1650. The lowest BCUT2D eigenvalue weighted by Crippen LogP contribution is -2.69. The average molecular weight is 1050 g/mol. The van der Waals surface area contributed by atoms with Crippen LogP contribution in [0.4, 0.5) is 0 Å². The van der Waals surface area contributed by atoms with Gasteiger partial charge in [0.2, 0.25) is 0 Å². The van der Waals surface area contributed by atoms with E-state index in [1.807, 2.05) is 0 Å². The number of rotatable bonds is 9. The Balaban J connectivity index is 1.22. The topological polar surface area (TPSA) is 513 Å². The summed E-state index contributed by atoms with van der Waals surface area (Å²) in [6, 6.07) is 0. The van der Waals surface area contributed by atoms with E-state index in [0.29, 0.717) is 0 Å². The number of hydrogen-bond acceptors (Lipinski definition) is 33. The van der Waals surface area contributed by atoms with Crippen LogP contribution >= 0.6 is 0 Å². The maximum absolute atomic E-state index is 11.5. The smallest absolute Gasteiger partial charge is 0.187 e. The Morgan fingerprint density at radius 2 is 0.514 bits per heavy atom. The van der Waals surface area contributed by atoms with Gasteiger partial charge in [-0.05, 0) is 0 Å². The number of aliphatic hydroxyl groups excluding tert-OH is 17. The minimum atomic E-state index is -3.48. The zero-order chi connectivity index (χ0) is 51.0. The predicted octanol–water partition coefficient (Wildman–Crippen LogP) is -13.3. The number of ether oxygens (including phenoxy) is 12. The van der Waals surface area contributed by atoms with Crippen molar-refractivity contribution in [2.75, 3.05) is 39.6 Å². The highest BCUT2D eigenvalue weighted by molar-refractivity contribution is 7.73. The fourth-order valence-electron chi connectivity index (χ4n) is 9.10. The molecule has 70 heavy (non-hydrogen) atoms. The van der Waals surface area contributed by atoms with Crippen LogP contribution in [-0.2, 0) is 77.4 Å². The van der Waals surface area contributed by atoms with Gasteiger partial charge in [0.15, 0.2) is 43.8 Å². The molecular weight excluding hydrogens is 992 g/mol. The van der Waals surface area contributed by atoms with Crippen LogP contribution in [0, 0.1) is 0 Å². The highest BCUT2D eigenvalue weighted by Crippen LogP contribution is 2.38. The van der Waals surface area contributed by atoms with E-state index in [1.165, 1.54) is 0 Å². The Morgan fingerprint density at radius 1 is 0.314 bits per heavy atom. The molecule has 0 radical (unpaired) electrons. The molecule has 22 fully saturated rings. The van der Waals surface area contributed by atoms with Crippen molar-refractivity contribution in [1.82, 2.24) is 0 Å². The summed E-state index contributed by atoms with van der Waals surface area (Å²) in [5, 5.41) is 186. The predicted molar refractivity (Wildman–Crippen MR) is 205 cm³/mol. The molecule has 0 aromatic rings. The molecule has 408 valence electrons. The van der Waals surface area contributed by atoms with E-state index in [1.54, 1.807) is 0 Å². The molecule has 0 spiro atoms. The highest BCUT2D eigenvalue weighted by atomic mass is 32.2. The summed E-state index contributed by atoms with van der Waals surface area (Å²) >= 11 is -3.48. The first-order valence-corrected chi connectivity index (χ1v) is 22.7. The largest absolute Gasteiger partial charge is 0.748 e. The first kappa shape index (κ1) is 56.6. The lowest BCUT2D eigenvalue weighted by atomic mass is 9.94. The monoisotopic (exact) mass is 1050 g/mol. The third kappa shape index (κ3) is 11.4. The van der Waals surface area contributed by atoms with E-state index in [4.69, 9.17) is 61.7 Å². The van der Waals surface area contributed by atoms with Gasteiger partial charge in [0, 0.05) is 0 Å². The number of aliphatic hydroxyl groups is 17. The van der Waals surface area contributed by atoms with Crippen molar-refractivity contribution in [2.45, 2.75) is 184 Å². The molecule has 0 amide bonds. The van der Waals surface area contributed by atoms with Gasteiger partial charge in [0.05, 0.1) is 39.6 Å². The van der Waals surface area contributed by atoms with Gasteiger partial charge in [0.1, 0.15) is 152 Å². The molecule has 0 saturated carbocycles. The standard InChI is InChI=1S/C36H60O33S/c37-1-7-24-13(43)18(48)31(56-7)63-25-8(2-38)58-33(20(50)15(25)45)65-27-10(4-40)60-35(22(52)17(27)47)67-29-12(6-42)61-36(23(53)30(29)68-69-70(54)55)66-28-11(5-41)59-34(21(51)16(28)46)64-26-9(3-39)57-32(62-24)19(49)14(26)44/h7-53H,1-6H2,(H,54,55)/p-1/t7-,8-,9-,10-,11-,12-,13-,14-,15-,16-,17-,18-,19-,20-,21-,22-,23-,24-,25-,26-,27-,28-,29+,30-,31-,32-,33-,34-,35-,36-/m1/s1. The van der Waals surface area contributed by atoms with Crippen molar-refractivity contribution in [3.63, 3.8) is 0 Å². The SMILES string of the molecule is O=S([O-])OO[C@@H]1[C@@H](O)[C@H]2O[C@H]3[C@H](O)[C@@H](O)[C@@H](O[C@H]4[C@H](O)[C@@H](O)[C@@H](O[C@H]5[C@H](O)[C@@H](O)[C@@H](O[C@H]6[C@H](O)[C@@H](O)[C@@H](O[C@H]7[C@H](O)[C@@H](O)[C@@H](O[C@H]1[C@@H](CO)O2)O[C@@H]7CO)O[C@@H]6CO)O[C@@H]5CO)O[C@@H]4CO)O[C@@H]3CO. The minimum Gasteiger partial charge on any atom is -0.748 e. The molecule has 12 bridgehead atoms. The molecule has 0 aromatic heterocycles. The van der Waals surface area contributed by atoms with Crippen LogP contribution in [0.5, 0.6) is 0 Å². The third-order valence-electron chi connectivity index (χ3n) is 12.9. The molecule has 17 N–H and O–H groups in total. The molecule has 22 aliphatic rings. The Morgan fingerprint density at radius 3 is 0.729 bits per heavy atom. The lowest BCUT2D eigenvalue weighted by molar-refractivity contribution is -0.416. The summed E-state index contributed by atoms with van der Waals surface area (Å²) in [5.74, 6) is 0. The molecule has 34 heteroatoms. The van der Waals surface area contributed by atoms with E-state index in [2.05, 4.69) is 4.33 Å². The van der Waals surface area contributed by atoms with Crippen molar-refractivity contribution in [1.29, 1.82) is 0 Å². The maximum Gasteiger partial charge on any atom is 0.187 e. The van der Waals surface area contributed by atoms with Gasteiger partial charge in [-0.1, -0.05) is 0 Å². The quantitative estimate of drug-likeness (QED) is 0.0579. The summed E-state index contributed by atoms with van der Waals surface area (Å²) in [4.78, 5) is 4.90. The van der Waals surface area contributed by atoms with Gasteiger partial charge in [-0.15, -0.1) is 4.33 Å². The van der Waals surface area contributed by atoms with Crippen LogP contribution < -0.4 is 0 Å². The van der Waals surface area contributed by atoms with Gasteiger partial charge >= 0.3 is 0 Å². The molecule has 22 heterocycles. The first-order chi connectivity index (χ1) is 33.3. The highest BCUT2D eigenvalue weighted by Gasteiger charge is 2.59. The van der Waals surface area contributed by atoms with Crippen molar-refractivity contribution < 1.29 is 162 Å². The molecular formula is C36H59O33S-. The zero-order valence-corrected chi connectivity index (χ0v) is 36.9. The van der Waals surface area contributed by atoms with E-state index in [9.17, 15) is 95.6 Å². The molecule has 0 aliphatic carbocycles. The zero-order valence-electron chi connectivity index (χ0n) is 36.1. The van der Waals surface area contributed by atoms with E-state index in [-0.39, 0.29) is 0 Å². The van der Waals surface area contributed by atoms with Gasteiger partial charge in [-0.3, -0.25) is 0 Å². The van der Waals surface area contributed by atoms with Crippen molar-refractivity contribution in [3.8, 4) is 0 Å². The molecule has 22 aliphatic heterocycles. The summed E-state index contributed by atoms with van der Waals surface area (Å²) < 4.78 is 95.1. The van der Waals surface area contributed by atoms with Crippen molar-refractivity contribution >= 4 is 11.4 Å². The Kier molecular flexibility index (Phi) is 19.6. The molecule has 0 aromatic carbocycles. The molecule has 22 rings (SSSR count). The van der Waals surface area contributed by atoms with Crippen LogP contribution in [0.1, 0.15) is 0 Å². The van der Waals surface area contributed by atoms with Crippen LogP contribution in [-0.4, -0.2) is 319 Å². The summed E-state index contributed by atoms with van der Waals surface area (Å²) in [6.07, 6.45) is -60.8. The van der Waals surface area contributed by atoms with Crippen LogP contribution in [0.15, 0.2) is 0 Å². The van der Waals surface area contributed by atoms with Gasteiger partial charge in [-0.2, -0.15) is 0 Å². The Labute approximate surface area is 396 Å². The maximum atomic E-state index is 11.5. The number of hydrogen-bond donors (Lipinski definition) is 17. The molecule has 22 saturated heterocycles. The van der Waals surface area contributed by atoms with E-state index < -0.39 is 235 Å². The fraction of sp³-hybridized carbons (Fsp3) is 1.00. The summed E-state index contributed by atoms with van der Waals surface area (Å²) in [5.41, 5.74) is 0.